The number of fused-ring (bicyclic) bond motifs is 2. The van der Waals surface area contributed by atoms with Crippen molar-refractivity contribution in [2.75, 3.05) is 12.3 Å². The van der Waals surface area contributed by atoms with Crippen LogP contribution in [0.25, 0.3) is 0 Å². The van der Waals surface area contributed by atoms with E-state index in [1.807, 2.05) is 0 Å². The average molecular weight is 229 g/mol. The van der Waals surface area contributed by atoms with Crippen LogP contribution in [0.4, 0.5) is 0 Å². The Morgan fingerprint density at radius 2 is 1.87 bits per heavy atom. The lowest BCUT2D eigenvalue weighted by Crippen LogP contribution is -2.66. The molecule has 6 heteroatoms. The fraction of sp³-hybridized carbons (Fsp3) is 0.778. The third-order valence-electron chi connectivity index (χ3n) is 2.79. The summed E-state index contributed by atoms with van der Waals surface area (Å²) in [4.78, 5) is 22.5. The molecular formula is C9H16N3O2P. The van der Waals surface area contributed by atoms with Crippen molar-refractivity contribution < 1.29 is 9.59 Å². The van der Waals surface area contributed by atoms with Crippen LogP contribution >= 0.6 is 8.07 Å². The number of hydrogen-bond acceptors (Lipinski definition) is 5. The monoisotopic (exact) mass is 229 g/mol. The van der Waals surface area contributed by atoms with Gasteiger partial charge in [-0.05, 0) is 21.9 Å². The summed E-state index contributed by atoms with van der Waals surface area (Å²) in [6.07, 6.45) is 1.69. The molecule has 2 aliphatic rings. The maximum atomic E-state index is 11.3. The van der Waals surface area contributed by atoms with Gasteiger partial charge >= 0.3 is 0 Å². The van der Waals surface area contributed by atoms with Gasteiger partial charge in [-0.15, -0.1) is 0 Å². The molecule has 0 aromatic rings. The molecule has 2 aliphatic heterocycles. The second-order valence-corrected chi connectivity index (χ2v) is 6.20. The van der Waals surface area contributed by atoms with Gasteiger partial charge in [-0.3, -0.25) is 25.3 Å². The normalized spacial score (nSPS) is 39.9. The van der Waals surface area contributed by atoms with Gasteiger partial charge in [0.05, 0.1) is 12.2 Å². The molecule has 15 heavy (non-hydrogen) atoms. The molecule has 0 saturated carbocycles. The maximum Gasteiger partial charge on any atom is 0.161 e. The van der Waals surface area contributed by atoms with Gasteiger partial charge in [0.25, 0.3) is 0 Å². The van der Waals surface area contributed by atoms with Gasteiger partial charge in [0.2, 0.25) is 0 Å². The van der Waals surface area contributed by atoms with E-state index < -0.39 is 0 Å². The molecule has 4 unspecified atom stereocenters. The predicted molar refractivity (Wildman–Crippen MR) is 58.8 cm³/mol. The molecular weight excluding hydrogens is 213 g/mol. The van der Waals surface area contributed by atoms with Crippen LogP contribution in [0.5, 0.6) is 0 Å². The van der Waals surface area contributed by atoms with E-state index in [1.165, 1.54) is 0 Å². The Morgan fingerprint density at radius 1 is 1.13 bits per heavy atom. The maximum absolute atomic E-state index is 11.3. The number of rotatable bonds is 2. The Morgan fingerprint density at radius 3 is 2.40 bits per heavy atom. The average Bonchev–Trinajstić information content (AvgIpc) is 2.15. The molecule has 0 aromatic heterocycles. The minimum absolute atomic E-state index is 0.0530. The molecule has 0 aliphatic carbocycles. The van der Waals surface area contributed by atoms with E-state index in [4.69, 9.17) is 0 Å². The van der Waals surface area contributed by atoms with Gasteiger partial charge in [0, 0.05) is 12.3 Å². The van der Waals surface area contributed by atoms with Crippen LogP contribution in [-0.2, 0) is 9.59 Å². The molecule has 0 spiro atoms. The summed E-state index contributed by atoms with van der Waals surface area (Å²) >= 11 is 0. The molecule has 5 nitrogen and oxygen atoms in total. The Balaban J connectivity index is 2.02. The molecule has 2 rings (SSSR count). The van der Waals surface area contributed by atoms with Crippen LogP contribution < -0.4 is 15.7 Å². The second kappa shape index (κ2) is 4.26. The minimum Gasteiger partial charge on any atom is -0.298 e. The summed E-state index contributed by atoms with van der Waals surface area (Å²) < 4.78 is 0. The van der Waals surface area contributed by atoms with Crippen LogP contribution in [0.1, 0.15) is 13.8 Å². The summed E-state index contributed by atoms with van der Waals surface area (Å²) in [5.41, 5.74) is 0. The van der Waals surface area contributed by atoms with Crippen LogP contribution in [0.2, 0.25) is 0 Å². The smallest absolute Gasteiger partial charge is 0.161 e. The van der Waals surface area contributed by atoms with Gasteiger partial charge in [-0.1, -0.05) is 0 Å². The van der Waals surface area contributed by atoms with E-state index in [9.17, 15) is 9.59 Å². The Labute approximate surface area is 90.2 Å². The number of ketones is 2. The van der Waals surface area contributed by atoms with Gasteiger partial charge < -0.3 is 0 Å². The Bertz CT molecular complexity index is 257. The highest BCUT2D eigenvalue weighted by Gasteiger charge is 2.37. The van der Waals surface area contributed by atoms with Crippen molar-refractivity contribution in [1.29, 1.82) is 0 Å². The van der Waals surface area contributed by atoms with Crippen molar-refractivity contribution in [3.8, 4) is 0 Å². The third-order valence-corrected chi connectivity index (χ3v) is 5.02. The summed E-state index contributed by atoms with van der Waals surface area (Å²) in [6.45, 7) is 3.18. The minimum atomic E-state index is -0.382. The molecule has 0 aromatic carbocycles. The van der Waals surface area contributed by atoms with Crippen molar-refractivity contribution in [2.45, 2.75) is 32.2 Å². The summed E-state index contributed by atoms with van der Waals surface area (Å²) in [5, 5.41) is 9.67. The third kappa shape index (κ3) is 2.42. The molecule has 3 N–H and O–H groups in total. The highest BCUT2D eigenvalue weighted by molar-refractivity contribution is 7.55. The largest absolute Gasteiger partial charge is 0.298 e. The van der Waals surface area contributed by atoms with Crippen molar-refractivity contribution in [3.05, 3.63) is 0 Å². The predicted octanol–water partition coefficient (Wildman–Crippen LogP) is -0.622. The molecule has 2 saturated heterocycles. The van der Waals surface area contributed by atoms with Gasteiger partial charge in [0.1, 0.15) is 11.9 Å². The van der Waals surface area contributed by atoms with Crippen LogP contribution in [0.15, 0.2) is 0 Å². The fourth-order valence-electron chi connectivity index (χ4n) is 1.94. The number of carbonyl (C=O) groups is 2. The molecule has 0 radical (unpaired) electrons. The van der Waals surface area contributed by atoms with Crippen LogP contribution in [0.3, 0.4) is 0 Å². The Kier molecular flexibility index (Phi) is 3.16. The lowest BCUT2D eigenvalue weighted by Gasteiger charge is -2.43. The number of Topliss-reactive ketones (excluding diaryl/α,β-unsaturated/α-hetero) is 2. The molecule has 2 fully saturated rings. The lowest BCUT2D eigenvalue weighted by molar-refractivity contribution is -0.119. The van der Waals surface area contributed by atoms with E-state index in [0.717, 1.165) is 12.3 Å². The first kappa shape index (κ1) is 11.1. The van der Waals surface area contributed by atoms with Gasteiger partial charge in [-0.25, -0.2) is 0 Å². The van der Waals surface area contributed by atoms with Crippen molar-refractivity contribution in [1.82, 2.24) is 15.7 Å². The van der Waals surface area contributed by atoms with E-state index in [0.29, 0.717) is 0 Å². The van der Waals surface area contributed by atoms with Crippen molar-refractivity contribution in [2.24, 2.45) is 0 Å². The standard InChI is InChI=1S/C9H16N3O2P/c1-5(13)7-3-15-4-8(10-7)11-9(12-15)6(2)14/h7-12H,3-4H2,1-2H3. The first-order chi connectivity index (χ1) is 7.06. The molecule has 4 atom stereocenters. The first-order valence-electron chi connectivity index (χ1n) is 5.10. The van der Waals surface area contributed by atoms with Gasteiger partial charge in [-0.2, -0.15) is 0 Å². The highest BCUT2D eigenvalue weighted by Crippen LogP contribution is 2.38. The molecule has 2 bridgehead atoms. The van der Waals surface area contributed by atoms with E-state index >= 15 is 0 Å². The topological polar surface area (TPSA) is 70.2 Å². The molecule has 84 valence electrons. The SMILES string of the molecule is CC(=O)C1CP2CC(N1)NC(C(C)=O)N2. The lowest BCUT2D eigenvalue weighted by atomic mass is 10.2. The zero-order valence-electron chi connectivity index (χ0n) is 8.91. The number of hydrogen-bond donors (Lipinski definition) is 3. The zero-order chi connectivity index (χ0) is 11.0. The summed E-state index contributed by atoms with van der Waals surface area (Å²) in [7, 11) is -0.382. The van der Waals surface area contributed by atoms with E-state index in [-0.39, 0.29) is 38.0 Å². The number of nitrogens with one attached hydrogen (secondary N) is 3. The van der Waals surface area contributed by atoms with Crippen LogP contribution in [-0.4, -0.2) is 42.3 Å². The Hall–Kier alpha value is -0.350. The van der Waals surface area contributed by atoms with Crippen LogP contribution in [0, 0.1) is 0 Å². The first-order valence-corrected chi connectivity index (χ1v) is 6.81. The summed E-state index contributed by atoms with van der Waals surface area (Å²) in [6, 6.07) is -0.0530. The van der Waals surface area contributed by atoms with E-state index in [1.54, 1.807) is 13.8 Å². The molecule has 2 heterocycles. The quantitative estimate of drug-likeness (QED) is 0.550. The van der Waals surface area contributed by atoms with Crippen molar-refractivity contribution in [3.63, 3.8) is 0 Å². The van der Waals surface area contributed by atoms with Gasteiger partial charge in [0.15, 0.2) is 5.78 Å². The fourth-order valence-corrected chi connectivity index (χ4v) is 4.38. The summed E-state index contributed by atoms with van der Waals surface area (Å²) in [5.74, 6) is 0.285. The highest BCUT2D eigenvalue weighted by atomic mass is 31.1. The number of carbonyl (C=O) groups excluding carboxylic acids is 2. The zero-order valence-corrected chi connectivity index (χ0v) is 9.80. The molecule has 0 amide bonds. The van der Waals surface area contributed by atoms with E-state index in [2.05, 4.69) is 15.7 Å². The van der Waals surface area contributed by atoms with Crippen molar-refractivity contribution >= 4 is 19.6 Å². The second-order valence-electron chi connectivity index (χ2n) is 4.13.